The van der Waals surface area contributed by atoms with Crippen LogP contribution in [-0.2, 0) is 24.7 Å². The molecule has 102 valence electrons. The van der Waals surface area contributed by atoms with Crippen molar-refractivity contribution in [2.24, 2.45) is 0 Å². The Morgan fingerprint density at radius 2 is 1.79 bits per heavy atom. The van der Waals surface area contributed by atoms with Gasteiger partial charge in [-0.05, 0) is 0 Å². The molecule has 0 nitrogen and oxygen atoms in total. The SMILES string of the molecule is CCC[Si@H]1CC[C@H](c2ccc(C[CH2][Zn+])cc2)CC1.[Cl-]. The molecule has 3 heteroatoms. The zero-order valence-electron chi connectivity index (χ0n) is 12.2. The fourth-order valence-corrected chi connectivity index (χ4v) is 7.64. The molecule has 1 fully saturated rings. The molecule has 0 amide bonds. The standard InChI is InChI=1S/C16H25Si.ClH.Zn/c1-3-11-17-12-9-16(10-13-17)15-7-5-14(4-2)6-8-15;;/h5-8,16-17H,2-4,9-13H2,1H3;1H;/q;;+1/p-1/t16-,17-;;. The maximum Gasteiger partial charge on any atom is -1.00 e. The summed E-state index contributed by atoms with van der Waals surface area (Å²) < 4.78 is 0. The van der Waals surface area contributed by atoms with Crippen LogP contribution in [0.25, 0.3) is 0 Å². The van der Waals surface area contributed by atoms with Crippen LogP contribution >= 0.6 is 0 Å². The summed E-state index contributed by atoms with van der Waals surface area (Å²) in [7, 11) is -0.305. The minimum absolute atomic E-state index is 0. The minimum atomic E-state index is -0.305. The van der Waals surface area contributed by atoms with Crippen molar-refractivity contribution in [3.8, 4) is 0 Å². The molecule has 0 spiro atoms. The van der Waals surface area contributed by atoms with Gasteiger partial charge in [0.1, 0.15) is 0 Å². The van der Waals surface area contributed by atoms with Crippen molar-refractivity contribution < 1.29 is 30.7 Å². The zero-order valence-corrected chi connectivity index (χ0v) is 17.1. The first-order chi connectivity index (χ1) is 8.83. The van der Waals surface area contributed by atoms with Gasteiger partial charge in [0.05, 0.1) is 0 Å². The van der Waals surface area contributed by atoms with Gasteiger partial charge in [-0.15, -0.1) is 0 Å². The molecule has 2 rings (SSSR count). The van der Waals surface area contributed by atoms with E-state index in [1.807, 2.05) is 0 Å². The predicted octanol–water partition coefficient (Wildman–Crippen LogP) is 1.71. The molecule has 1 aromatic rings. The van der Waals surface area contributed by atoms with Crippen LogP contribution in [0.2, 0.25) is 23.1 Å². The summed E-state index contributed by atoms with van der Waals surface area (Å²) in [5.41, 5.74) is 3.16. The first kappa shape index (κ1) is 17.4. The second-order valence-corrected chi connectivity index (χ2v) is 10.8. The van der Waals surface area contributed by atoms with E-state index in [1.165, 1.54) is 49.0 Å². The van der Waals surface area contributed by atoms with Crippen LogP contribution in [0, 0.1) is 0 Å². The summed E-state index contributed by atoms with van der Waals surface area (Å²) in [6.45, 7) is 2.36. The van der Waals surface area contributed by atoms with Crippen LogP contribution in [0.15, 0.2) is 24.3 Å². The van der Waals surface area contributed by atoms with Crippen molar-refractivity contribution in [3.63, 3.8) is 0 Å². The van der Waals surface area contributed by atoms with E-state index in [1.54, 1.807) is 29.3 Å². The van der Waals surface area contributed by atoms with Crippen molar-refractivity contribution >= 4 is 8.80 Å². The molecule has 1 aliphatic rings. The number of aryl methyl sites for hydroxylation is 1. The average molecular weight is 346 g/mol. The Bertz CT molecular complexity index is 344. The molecule has 0 N–H and O–H groups in total. The largest absolute Gasteiger partial charge is 1.00 e. The maximum atomic E-state index is 2.41. The number of hydrogen-bond donors (Lipinski definition) is 0. The van der Waals surface area contributed by atoms with Crippen LogP contribution in [0.4, 0.5) is 0 Å². The molecule has 0 unspecified atom stereocenters. The number of benzene rings is 1. The van der Waals surface area contributed by atoms with Gasteiger partial charge in [-0.2, -0.15) is 0 Å². The average Bonchev–Trinajstić information content (AvgIpc) is 2.41. The van der Waals surface area contributed by atoms with Crippen molar-refractivity contribution in [1.82, 2.24) is 0 Å². The van der Waals surface area contributed by atoms with Gasteiger partial charge < -0.3 is 12.4 Å². The van der Waals surface area contributed by atoms with Crippen LogP contribution in [0.1, 0.15) is 43.2 Å². The van der Waals surface area contributed by atoms with E-state index in [9.17, 15) is 0 Å². The van der Waals surface area contributed by atoms with Crippen LogP contribution in [0.3, 0.4) is 0 Å². The van der Waals surface area contributed by atoms with E-state index in [0.717, 1.165) is 5.92 Å². The third-order valence-electron chi connectivity index (χ3n) is 4.46. The van der Waals surface area contributed by atoms with E-state index in [-0.39, 0.29) is 21.2 Å². The minimum Gasteiger partial charge on any atom is -1.00 e. The molecule has 0 radical (unpaired) electrons. The van der Waals surface area contributed by atoms with Gasteiger partial charge in [0.25, 0.3) is 0 Å². The predicted molar refractivity (Wildman–Crippen MR) is 78.8 cm³/mol. The summed E-state index contributed by atoms with van der Waals surface area (Å²) in [6, 6.07) is 14.4. The molecule has 0 saturated carbocycles. The fraction of sp³-hybridized carbons (Fsp3) is 0.625. The summed E-state index contributed by atoms with van der Waals surface area (Å²) >= 11 is 1.42. The molecule has 1 aromatic carbocycles. The number of halogens is 1. The van der Waals surface area contributed by atoms with Crippen molar-refractivity contribution in [1.29, 1.82) is 0 Å². The second-order valence-electron chi connectivity index (χ2n) is 5.85. The maximum absolute atomic E-state index is 2.41. The molecule has 19 heavy (non-hydrogen) atoms. The summed E-state index contributed by atoms with van der Waals surface area (Å²) in [4.78, 5) is 0. The summed E-state index contributed by atoms with van der Waals surface area (Å²) in [6.07, 6.45) is 5.68. The molecule has 0 aromatic heterocycles. The van der Waals surface area contributed by atoms with Gasteiger partial charge in [-0.1, -0.05) is 6.92 Å². The van der Waals surface area contributed by atoms with E-state index in [0.29, 0.717) is 0 Å². The van der Waals surface area contributed by atoms with Gasteiger partial charge in [0, 0.05) is 0 Å². The van der Waals surface area contributed by atoms with Gasteiger partial charge in [0.2, 0.25) is 0 Å². The van der Waals surface area contributed by atoms with E-state index < -0.39 is 0 Å². The molecular formula is C16H25ClSiZn. The molecule has 1 heterocycles. The Kier molecular flexibility index (Phi) is 8.53. The van der Waals surface area contributed by atoms with Gasteiger partial charge in [0.15, 0.2) is 0 Å². The van der Waals surface area contributed by atoms with Gasteiger partial charge >= 0.3 is 117 Å². The van der Waals surface area contributed by atoms with Crippen molar-refractivity contribution in [2.75, 3.05) is 0 Å². The third kappa shape index (κ3) is 5.33. The third-order valence-corrected chi connectivity index (χ3v) is 8.90. The fourth-order valence-electron chi connectivity index (χ4n) is 3.35. The van der Waals surface area contributed by atoms with E-state index in [4.69, 9.17) is 0 Å². The van der Waals surface area contributed by atoms with Crippen LogP contribution < -0.4 is 12.4 Å². The summed E-state index contributed by atoms with van der Waals surface area (Å²) in [5.74, 6) is 0.884. The van der Waals surface area contributed by atoms with Crippen LogP contribution in [0.5, 0.6) is 0 Å². The molecular weight excluding hydrogens is 321 g/mol. The van der Waals surface area contributed by atoms with Crippen molar-refractivity contribution in [2.45, 2.75) is 61.7 Å². The first-order valence-corrected chi connectivity index (χ1v) is 12.3. The Balaban J connectivity index is 0.00000180. The number of hydrogen-bond acceptors (Lipinski definition) is 0. The smallest absolute Gasteiger partial charge is 1.00 e. The van der Waals surface area contributed by atoms with Gasteiger partial charge in [-0.3, -0.25) is 0 Å². The molecule has 1 aliphatic heterocycles. The molecule has 0 atom stereocenters. The molecule has 1 saturated heterocycles. The number of rotatable bonds is 5. The molecule has 0 aliphatic carbocycles. The van der Waals surface area contributed by atoms with Crippen molar-refractivity contribution in [3.05, 3.63) is 35.4 Å². The second kappa shape index (κ2) is 9.32. The van der Waals surface area contributed by atoms with E-state index >= 15 is 0 Å². The van der Waals surface area contributed by atoms with E-state index in [2.05, 4.69) is 31.2 Å². The Labute approximate surface area is 136 Å². The van der Waals surface area contributed by atoms with Crippen LogP contribution in [-0.4, -0.2) is 8.80 Å². The Morgan fingerprint density at radius 3 is 2.32 bits per heavy atom. The topological polar surface area (TPSA) is 0 Å². The quantitative estimate of drug-likeness (QED) is 0.712. The monoisotopic (exact) mass is 344 g/mol. The zero-order chi connectivity index (χ0) is 12.8. The Hall–Kier alpha value is 0.350. The normalized spacial score (nSPS) is 22.9. The first-order valence-electron chi connectivity index (χ1n) is 7.71. The van der Waals surface area contributed by atoms with Gasteiger partial charge in [-0.25, -0.2) is 0 Å². The Morgan fingerprint density at radius 1 is 1.16 bits per heavy atom. The summed E-state index contributed by atoms with van der Waals surface area (Å²) in [5, 5.41) is 1.38. The molecule has 0 bridgehead atoms.